The molecular weight excluding hydrogens is 220 g/mol. The molecule has 0 aliphatic heterocycles. The first kappa shape index (κ1) is 13.4. The summed E-state index contributed by atoms with van der Waals surface area (Å²) in [4.78, 5) is 9.95. The zero-order valence-electron chi connectivity index (χ0n) is 10.4. The largest absolute Gasteiger partial charge is 0.433 e. The average molecular weight is 238 g/mol. The molecule has 94 valence electrons. The Morgan fingerprint density at radius 1 is 1.59 bits per heavy atom. The highest BCUT2D eigenvalue weighted by molar-refractivity contribution is 5.49. The van der Waals surface area contributed by atoms with Crippen LogP contribution in [-0.4, -0.2) is 18.0 Å². The van der Waals surface area contributed by atoms with E-state index in [1.807, 2.05) is 13.0 Å². The zero-order valence-corrected chi connectivity index (χ0v) is 10.4. The molecule has 0 aliphatic rings. The number of rotatable bonds is 6. The molecule has 0 saturated heterocycles. The molecule has 1 aromatic heterocycles. The van der Waals surface area contributed by atoms with E-state index in [2.05, 4.69) is 19.2 Å². The molecule has 0 radical (unpaired) electrons. The summed E-state index contributed by atoms with van der Waals surface area (Å²) >= 11 is 0. The van der Waals surface area contributed by atoms with Crippen LogP contribution >= 0.6 is 0 Å². The van der Waals surface area contributed by atoms with E-state index in [0.717, 1.165) is 18.7 Å². The number of hydrogen-bond donors (Lipinski definition) is 1. The van der Waals surface area contributed by atoms with Gasteiger partial charge in [-0.15, -0.1) is 0 Å². The van der Waals surface area contributed by atoms with Crippen LogP contribution in [0.2, 0.25) is 0 Å². The molecule has 1 N–H and O–H groups in total. The first-order valence-corrected chi connectivity index (χ1v) is 5.70. The lowest BCUT2D eigenvalue weighted by Gasteiger charge is -2.10. The van der Waals surface area contributed by atoms with Gasteiger partial charge < -0.3 is 9.73 Å². The van der Waals surface area contributed by atoms with Crippen molar-refractivity contribution in [3.8, 4) is 0 Å². The summed E-state index contributed by atoms with van der Waals surface area (Å²) in [7, 11) is 0. The Morgan fingerprint density at radius 2 is 2.29 bits per heavy atom. The Bertz CT molecular complexity index is 408. The predicted octanol–water partition coefficient (Wildman–Crippen LogP) is 2.84. The Hall–Kier alpha value is -1.62. The van der Waals surface area contributed by atoms with E-state index in [1.165, 1.54) is 6.07 Å². The monoisotopic (exact) mass is 238 g/mol. The smallest absolute Gasteiger partial charge is 0.401 e. The average Bonchev–Trinajstić information content (AvgIpc) is 2.72. The maximum Gasteiger partial charge on any atom is 0.433 e. The summed E-state index contributed by atoms with van der Waals surface area (Å²) in [5.41, 5.74) is 1.16. The molecule has 5 nitrogen and oxygen atoms in total. The lowest BCUT2D eigenvalue weighted by Crippen LogP contribution is -2.18. The Labute approximate surface area is 101 Å². The second kappa shape index (κ2) is 6.20. The van der Waals surface area contributed by atoms with Crippen LogP contribution in [0, 0.1) is 16.0 Å². The molecule has 17 heavy (non-hydrogen) atoms. The molecule has 0 amide bonds. The van der Waals surface area contributed by atoms with Crippen molar-refractivity contribution in [1.29, 1.82) is 0 Å². The van der Waals surface area contributed by atoms with Crippen molar-refractivity contribution in [3.63, 3.8) is 0 Å². The van der Waals surface area contributed by atoms with Gasteiger partial charge >= 0.3 is 5.88 Å². The summed E-state index contributed by atoms with van der Waals surface area (Å²) in [5.74, 6) is 0.680. The van der Waals surface area contributed by atoms with Crippen molar-refractivity contribution in [2.45, 2.75) is 20.8 Å². The van der Waals surface area contributed by atoms with Crippen LogP contribution in [0.5, 0.6) is 0 Å². The first-order valence-electron chi connectivity index (χ1n) is 5.70. The normalized spacial score (nSPS) is 12.1. The molecule has 0 saturated carbocycles. The fourth-order valence-electron chi connectivity index (χ4n) is 1.39. The summed E-state index contributed by atoms with van der Waals surface area (Å²) in [6.45, 7) is 7.86. The van der Waals surface area contributed by atoms with Gasteiger partial charge in [-0.2, -0.15) is 0 Å². The van der Waals surface area contributed by atoms with Gasteiger partial charge in [0.25, 0.3) is 0 Å². The minimum atomic E-state index is -0.531. The van der Waals surface area contributed by atoms with Crippen molar-refractivity contribution in [2.75, 3.05) is 13.1 Å². The van der Waals surface area contributed by atoms with Crippen LogP contribution in [0.25, 0.3) is 6.08 Å². The third-order valence-corrected chi connectivity index (χ3v) is 2.44. The van der Waals surface area contributed by atoms with E-state index in [-0.39, 0.29) is 5.88 Å². The second-order valence-corrected chi connectivity index (χ2v) is 4.09. The number of nitro groups is 1. The molecule has 0 aliphatic carbocycles. The van der Waals surface area contributed by atoms with Gasteiger partial charge in [-0.25, -0.2) is 0 Å². The Balaban J connectivity index is 2.84. The van der Waals surface area contributed by atoms with Crippen LogP contribution in [0.3, 0.4) is 0 Å². The molecular formula is C12H18N2O3. The maximum absolute atomic E-state index is 10.5. The van der Waals surface area contributed by atoms with Gasteiger partial charge in [0.1, 0.15) is 10.7 Å². The topological polar surface area (TPSA) is 68.3 Å². The van der Waals surface area contributed by atoms with E-state index < -0.39 is 4.92 Å². The number of nitrogens with one attached hydrogen (secondary N) is 1. The molecule has 0 bridgehead atoms. The zero-order chi connectivity index (χ0) is 12.8. The lowest BCUT2D eigenvalue weighted by molar-refractivity contribution is -0.402. The summed E-state index contributed by atoms with van der Waals surface area (Å²) in [6.07, 6.45) is 1.86. The summed E-state index contributed by atoms with van der Waals surface area (Å²) in [6, 6.07) is 2.99. The minimum absolute atomic E-state index is 0.220. The van der Waals surface area contributed by atoms with E-state index in [4.69, 9.17) is 4.42 Å². The lowest BCUT2D eigenvalue weighted by atomic mass is 10.0. The van der Waals surface area contributed by atoms with Crippen LogP contribution in [0.15, 0.2) is 22.1 Å². The highest BCUT2D eigenvalue weighted by Gasteiger charge is 2.11. The van der Waals surface area contributed by atoms with Crippen molar-refractivity contribution in [1.82, 2.24) is 5.32 Å². The highest BCUT2D eigenvalue weighted by Crippen LogP contribution is 2.20. The quantitative estimate of drug-likeness (QED) is 0.611. The molecule has 1 rings (SSSR count). The van der Waals surface area contributed by atoms with E-state index in [0.29, 0.717) is 11.7 Å². The number of nitrogens with zero attached hydrogens (tertiary/aromatic N) is 1. The van der Waals surface area contributed by atoms with Gasteiger partial charge in [0, 0.05) is 6.54 Å². The fraction of sp³-hybridized carbons (Fsp3) is 0.500. The van der Waals surface area contributed by atoms with Gasteiger partial charge in [0.05, 0.1) is 6.07 Å². The van der Waals surface area contributed by atoms with Crippen molar-refractivity contribution >= 4 is 12.0 Å². The molecule has 0 unspecified atom stereocenters. The van der Waals surface area contributed by atoms with E-state index in [9.17, 15) is 10.1 Å². The number of likely N-dealkylation sites (N-methyl/N-ethyl adjacent to an activating group) is 1. The standard InChI is InChI=1S/C12H18N2O3/c1-4-13-8-10(9(2)3)7-11-5-6-12(17-11)14(15)16/h5-7,9,13H,4,8H2,1-3H3. The van der Waals surface area contributed by atoms with Gasteiger partial charge in [0.15, 0.2) is 0 Å². The molecule has 1 aromatic rings. The Kier molecular flexibility index (Phi) is 4.90. The van der Waals surface area contributed by atoms with Gasteiger partial charge in [-0.05, 0) is 24.6 Å². The van der Waals surface area contributed by atoms with Gasteiger partial charge in [0.2, 0.25) is 0 Å². The molecule has 0 atom stereocenters. The van der Waals surface area contributed by atoms with Crippen LogP contribution in [0.4, 0.5) is 5.88 Å². The minimum Gasteiger partial charge on any atom is -0.401 e. The van der Waals surface area contributed by atoms with Crippen molar-refractivity contribution in [3.05, 3.63) is 33.6 Å². The third-order valence-electron chi connectivity index (χ3n) is 2.44. The van der Waals surface area contributed by atoms with Gasteiger partial charge in [-0.3, -0.25) is 10.1 Å². The predicted molar refractivity (Wildman–Crippen MR) is 66.7 cm³/mol. The maximum atomic E-state index is 10.5. The molecule has 0 spiro atoms. The van der Waals surface area contributed by atoms with E-state index in [1.54, 1.807) is 6.07 Å². The highest BCUT2D eigenvalue weighted by atomic mass is 16.6. The molecule has 1 heterocycles. The fourth-order valence-corrected chi connectivity index (χ4v) is 1.39. The summed E-state index contributed by atoms with van der Waals surface area (Å²) in [5, 5.41) is 13.7. The number of furan rings is 1. The third kappa shape index (κ3) is 4.03. The van der Waals surface area contributed by atoms with Crippen LogP contribution in [-0.2, 0) is 0 Å². The van der Waals surface area contributed by atoms with Crippen LogP contribution < -0.4 is 5.32 Å². The first-order chi connectivity index (χ1) is 8.04. The molecule has 0 fully saturated rings. The molecule has 0 aromatic carbocycles. The SMILES string of the molecule is CCNCC(=Cc1ccc([N+](=O)[O-])o1)C(C)C. The summed E-state index contributed by atoms with van der Waals surface area (Å²) < 4.78 is 5.10. The van der Waals surface area contributed by atoms with E-state index >= 15 is 0 Å². The van der Waals surface area contributed by atoms with Crippen LogP contribution in [0.1, 0.15) is 26.5 Å². The number of hydrogen-bond acceptors (Lipinski definition) is 4. The van der Waals surface area contributed by atoms with Gasteiger partial charge in [-0.1, -0.05) is 26.3 Å². The second-order valence-electron chi connectivity index (χ2n) is 4.09. The Morgan fingerprint density at radius 3 is 2.76 bits per heavy atom. The molecule has 5 heteroatoms. The van der Waals surface area contributed by atoms with Crippen molar-refractivity contribution in [2.24, 2.45) is 5.92 Å². The van der Waals surface area contributed by atoms with Crippen molar-refractivity contribution < 1.29 is 9.34 Å².